The maximum absolute atomic E-state index is 13.0. The number of halogens is 3. The number of benzene rings is 1. The number of non-ortho nitro benzene ring substituents is 1. The van der Waals surface area contributed by atoms with Crippen molar-refractivity contribution in [2.45, 2.75) is 39.8 Å². The highest BCUT2D eigenvalue weighted by Crippen LogP contribution is 2.27. The van der Waals surface area contributed by atoms with Gasteiger partial charge in [0.05, 0.1) is 16.3 Å². The maximum atomic E-state index is 13.0. The Bertz CT molecular complexity index is 1440. The number of aryl methyl sites for hydroxylation is 3. The maximum Gasteiger partial charge on any atom is 0.453 e. The average Bonchev–Trinajstić information content (AvgIpc) is 3.37. The Morgan fingerprint density at radius 2 is 1.80 bits per heavy atom. The minimum Gasteiger partial charge on any atom is -0.311 e. The van der Waals surface area contributed by atoms with Crippen LogP contribution in [0, 0.1) is 30.9 Å². The molecule has 4 rings (SSSR count). The Kier molecular flexibility index (Phi) is 5.96. The van der Waals surface area contributed by atoms with Gasteiger partial charge in [-0.15, -0.1) is 5.10 Å². The van der Waals surface area contributed by atoms with Crippen molar-refractivity contribution < 1.29 is 22.9 Å². The first-order valence-corrected chi connectivity index (χ1v) is 10.4. The van der Waals surface area contributed by atoms with Gasteiger partial charge in [-0.3, -0.25) is 14.9 Å². The van der Waals surface area contributed by atoms with Crippen molar-refractivity contribution in [1.82, 2.24) is 29.4 Å². The van der Waals surface area contributed by atoms with Gasteiger partial charge in [-0.05, 0) is 44.9 Å². The third-order valence-electron chi connectivity index (χ3n) is 5.31. The minimum absolute atomic E-state index is 0.0141. The lowest BCUT2D eigenvalue weighted by Gasteiger charge is -2.11. The number of anilines is 1. The fourth-order valence-corrected chi connectivity index (χ4v) is 3.64. The van der Waals surface area contributed by atoms with Gasteiger partial charge in [0.1, 0.15) is 5.82 Å². The number of carbonyl (C=O) groups excluding carboxylic acids is 1. The first-order valence-electron chi connectivity index (χ1n) is 10.4. The summed E-state index contributed by atoms with van der Waals surface area (Å²) in [4.78, 5) is 30.6. The van der Waals surface area contributed by atoms with Crippen molar-refractivity contribution in [1.29, 1.82) is 0 Å². The summed E-state index contributed by atoms with van der Waals surface area (Å²) in [7, 11) is 0. The number of nitrogens with zero attached hydrogens (tertiary/aromatic N) is 7. The lowest BCUT2D eigenvalue weighted by molar-refractivity contribution is -0.384. The summed E-state index contributed by atoms with van der Waals surface area (Å²) in [6.45, 7) is 4.96. The first-order chi connectivity index (χ1) is 16.4. The summed E-state index contributed by atoms with van der Waals surface area (Å²) in [6.07, 6.45) is -4.47. The number of fused-ring (bicyclic) bond motifs is 1. The largest absolute Gasteiger partial charge is 0.453 e. The van der Waals surface area contributed by atoms with E-state index in [0.29, 0.717) is 34.2 Å². The van der Waals surface area contributed by atoms with Crippen LogP contribution in [0.3, 0.4) is 0 Å². The smallest absolute Gasteiger partial charge is 0.311 e. The van der Waals surface area contributed by atoms with Crippen LogP contribution in [-0.2, 0) is 17.4 Å². The lowest BCUT2D eigenvalue weighted by Crippen LogP contribution is -2.16. The number of alkyl halides is 3. The molecule has 0 aliphatic rings. The summed E-state index contributed by atoms with van der Waals surface area (Å²) >= 11 is 0. The van der Waals surface area contributed by atoms with Crippen LogP contribution >= 0.6 is 0 Å². The molecule has 1 aromatic carbocycles. The van der Waals surface area contributed by atoms with Crippen LogP contribution in [0.15, 0.2) is 30.3 Å². The first kappa shape index (κ1) is 23.8. The van der Waals surface area contributed by atoms with Crippen molar-refractivity contribution in [2.75, 3.05) is 5.32 Å². The van der Waals surface area contributed by atoms with E-state index in [2.05, 4.69) is 25.5 Å². The van der Waals surface area contributed by atoms with E-state index in [-0.39, 0.29) is 30.2 Å². The Hall–Kier alpha value is -4.36. The molecular formula is C21H19F3N8O3. The molecule has 1 N–H and O–H groups in total. The number of hydrogen-bond donors (Lipinski definition) is 1. The molecule has 0 radical (unpaired) electrons. The van der Waals surface area contributed by atoms with Crippen LogP contribution < -0.4 is 5.32 Å². The number of aromatic nitrogens is 6. The molecule has 0 aliphatic heterocycles. The molecule has 4 aromatic rings. The third kappa shape index (κ3) is 4.81. The van der Waals surface area contributed by atoms with Crippen molar-refractivity contribution >= 4 is 23.2 Å². The van der Waals surface area contributed by atoms with Crippen molar-refractivity contribution in [2.24, 2.45) is 0 Å². The summed E-state index contributed by atoms with van der Waals surface area (Å²) in [5.74, 6) is -1.43. The summed E-state index contributed by atoms with van der Waals surface area (Å²) < 4.78 is 41.4. The van der Waals surface area contributed by atoms with Crippen molar-refractivity contribution in [3.05, 3.63) is 68.9 Å². The molecule has 0 bridgehead atoms. The minimum atomic E-state index is -4.70. The molecule has 14 heteroatoms. The fourth-order valence-electron chi connectivity index (χ4n) is 3.64. The highest BCUT2D eigenvalue weighted by atomic mass is 19.4. The van der Waals surface area contributed by atoms with Gasteiger partial charge in [-0.25, -0.2) is 14.2 Å². The molecule has 35 heavy (non-hydrogen) atoms. The van der Waals surface area contributed by atoms with Crippen LogP contribution in [-0.4, -0.2) is 40.2 Å². The van der Waals surface area contributed by atoms with E-state index in [1.807, 2.05) is 0 Å². The van der Waals surface area contributed by atoms with E-state index in [9.17, 15) is 28.1 Å². The van der Waals surface area contributed by atoms with Gasteiger partial charge in [-0.2, -0.15) is 23.3 Å². The van der Waals surface area contributed by atoms with E-state index in [1.54, 1.807) is 26.8 Å². The Morgan fingerprint density at radius 1 is 1.11 bits per heavy atom. The van der Waals surface area contributed by atoms with Crippen LogP contribution in [0.2, 0.25) is 0 Å². The normalized spacial score (nSPS) is 11.7. The molecule has 0 saturated heterocycles. The number of nitro benzene ring substituents is 1. The van der Waals surface area contributed by atoms with E-state index in [0.717, 1.165) is 4.52 Å². The second-order valence-electron chi connectivity index (χ2n) is 7.81. The molecule has 3 heterocycles. The van der Waals surface area contributed by atoms with Crippen LogP contribution in [0.25, 0.3) is 11.5 Å². The Balaban J connectivity index is 1.52. The predicted molar refractivity (Wildman–Crippen MR) is 117 cm³/mol. The van der Waals surface area contributed by atoms with Gasteiger partial charge in [0.2, 0.25) is 5.91 Å². The molecule has 3 aromatic heterocycles. The predicted octanol–water partition coefficient (Wildman–Crippen LogP) is 3.73. The van der Waals surface area contributed by atoms with E-state index < -0.39 is 16.9 Å². The highest BCUT2D eigenvalue weighted by Gasteiger charge is 2.37. The van der Waals surface area contributed by atoms with Gasteiger partial charge in [0.15, 0.2) is 0 Å². The number of nitrogens with one attached hydrogen (secondary N) is 1. The zero-order valence-electron chi connectivity index (χ0n) is 18.8. The second kappa shape index (κ2) is 8.77. The van der Waals surface area contributed by atoms with E-state index in [1.165, 1.54) is 28.9 Å². The Labute approximate surface area is 195 Å². The molecule has 182 valence electrons. The highest BCUT2D eigenvalue weighted by molar-refractivity contribution is 5.90. The lowest BCUT2D eigenvalue weighted by atomic mass is 10.1. The monoisotopic (exact) mass is 488 g/mol. The average molecular weight is 488 g/mol. The quantitative estimate of drug-likeness (QED) is 0.323. The number of rotatable bonds is 6. The molecule has 11 nitrogen and oxygen atoms in total. The number of amides is 1. The summed E-state index contributed by atoms with van der Waals surface area (Å²) in [5, 5.41) is 21.5. The fraction of sp³-hybridized carbons (Fsp3) is 0.286. The SMILES string of the molecule is Cc1cc(NC(=O)CCc2c(C)nc3nc(C(F)(F)F)nn3c2C)n(-c2ccc([N+](=O)[O-])cc2)n1. The van der Waals surface area contributed by atoms with Crippen LogP contribution in [0.1, 0.15) is 34.9 Å². The zero-order valence-corrected chi connectivity index (χ0v) is 18.8. The third-order valence-corrected chi connectivity index (χ3v) is 5.31. The molecule has 0 unspecified atom stereocenters. The molecule has 0 spiro atoms. The summed E-state index contributed by atoms with van der Waals surface area (Å²) in [5.41, 5.74) is 2.52. The van der Waals surface area contributed by atoms with Crippen LogP contribution in [0.5, 0.6) is 0 Å². The van der Waals surface area contributed by atoms with Gasteiger partial charge in [-0.1, -0.05) is 0 Å². The summed E-state index contributed by atoms with van der Waals surface area (Å²) in [6, 6.07) is 7.35. The van der Waals surface area contributed by atoms with Gasteiger partial charge in [0.25, 0.3) is 17.3 Å². The van der Waals surface area contributed by atoms with E-state index >= 15 is 0 Å². The number of hydrogen-bond acceptors (Lipinski definition) is 7. The van der Waals surface area contributed by atoms with Crippen LogP contribution in [0.4, 0.5) is 24.7 Å². The molecule has 1 amide bonds. The second-order valence-corrected chi connectivity index (χ2v) is 7.81. The number of nitro groups is 1. The molecule has 0 atom stereocenters. The molecule has 0 saturated carbocycles. The van der Waals surface area contributed by atoms with Crippen molar-refractivity contribution in [3.8, 4) is 5.69 Å². The molecule has 0 fully saturated rings. The molecule has 0 aliphatic carbocycles. The Morgan fingerprint density at radius 3 is 2.43 bits per heavy atom. The molecular weight excluding hydrogens is 469 g/mol. The standard InChI is InChI=1S/C21H19F3N8O3/c1-11-10-17(31(28-11)14-4-6-15(7-5-14)32(34)35)26-18(33)9-8-16-12(2)25-20-27-19(21(22,23)24)29-30(20)13(16)3/h4-7,10H,8-9H2,1-3H3,(H,26,33). The van der Waals surface area contributed by atoms with Gasteiger partial charge in [0, 0.05) is 36.0 Å². The number of carbonyl (C=O) groups is 1. The van der Waals surface area contributed by atoms with Gasteiger partial charge < -0.3 is 5.32 Å². The van der Waals surface area contributed by atoms with Crippen molar-refractivity contribution in [3.63, 3.8) is 0 Å². The zero-order chi connectivity index (χ0) is 25.5. The topological polar surface area (TPSA) is 133 Å². The van der Waals surface area contributed by atoms with E-state index in [4.69, 9.17) is 0 Å². The van der Waals surface area contributed by atoms with Gasteiger partial charge >= 0.3 is 6.18 Å².